The van der Waals surface area contributed by atoms with E-state index in [1.807, 2.05) is 54.6 Å². The van der Waals surface area contributed by atoms with Crippen molar-refractivity contribution in [1.29, 1.82) is 0 Å². The number of fused-ring (bicyclic) bond motifs is 1. The molecule has 0 saturated carbocycles. The zero-order valence-corrected chi connectivity index (χ0v) is 18.8. The number of hydrogen-bond donors (Lipinski definition) is 0. The van der Waals surface area contributed by atoms with Crippen LogP contribution in [0.5, 0.6) is 23.0 Å². The molecule has 3 aromatic carbocycles. The lowest BCUT2D eigenvalue weighted by molar-refractivity contribution is -0.129. The van der Waals surface area contributed by atoms with Gasteiger partial charge in [-0.15, -0.1) is 0 Å². The van der Waals surface area contributed by atoms with Gasteiger partial charge in [0.15, 0.2) is 17.2 Å². The predicted molar refractivity (Wildman–Crippen MR) is 127 cm³/mol. The van der Waals surface area contributed by atoms with E-state index in [1.54, 1.807) is 39.5 Å². The topological polar surface area (TPSA) is 75.6 Å². The minimum absolute atomic E-state index is 0.208. The highest BCUT2D eigenvalue weighted by atomic mass is 16.6. The molecule has 0 aromatic heterocycles. The Hall–Kier alpha value is -4.52. The van der Waals surface area contributed by atoms with E-state index in [1.165, 1.54) is 0 Å². The molecular weight excluding hydrogens is 434 g/mol. The zero-order valence-electron chi connectivity index (χ0n) is 18.8. The number of cyclic esters (lactones) is 1. The highest BCUT2D eigenvalue weighted by Crippen LogP contribution is 2.44. The van der Waals surface area contributed by atoms with Crippen molar-refractivity contribution in [1.82, 2.24) is 0 Å². The van der Waals surface area contributed by atoms with E-state index in [0.29, 0.717) is 39.9 Å². The zero-order chi connectivity index (χ0) is 23.7. The number of benzene rings is 3. The van der Waals surface area contributed by atoms with Gasteiger partial charge in [0.05, 0.1) is 21.3 Å². The summed E-state index contributed by atoms with van der Waals surface area (Å²) in [6, 6.07) is 20.3. The Balaban J connectivity index is 1.69. The summed E-state index contributed by atoms with van der Waals surface area (Å²) >= 11 is 0. The lowest BCUT2D eigenvalue weighted by Crippen LogP contribution is -2.09. The number of carbonyl (C=O) groups excluding carboxylic acids is 1. The van der Waals surface area contributed by atoms with Gasteiger partial charge >= 0.3 is 5.97 Å². The van der Waals surface area contributed by atoms with Crippen LogP contribution in [0.2, 0.25) is 0 Å². The van der Waals surface area contributed by atoms with E-state index in [9.17, 15) is 4.79 Å². The number of methoxy groups -OCH3 is 3. The van der Waals surface area contributed by atoms with E-state index < -0.39 is 5.97 Å². The number of para-hydroxylation sites is 1. The maximum absolute atomic E-state index is 12.9. The predicted octanol–water partition coefficient (Wildman–Crippen LogP) is 4.86. The lowest BCUT2D eigenvalue weighted by Gasteiger charge is -2.22. The molecule has 5 rings (SSSR count). The smallest absolute Gasteiger partial charge is 0.364 e. The molecule has 170 valence electrons. The fourth-order valence-electron chi connectivity index (χ4n) is 3.88. The summed E-state index contributed by atoms with van der Waals surface area (Å²) in [7, 11) is 4.64. The van der Waals surface area contributed by atoms with Crippen molar-refractivity contribution >= 4 is 23.2 Å². The molecule has 34 heavy (non-hydrogen) atoms. The van der Waals surface area contributed by atoms with Crippen LogP contribution in [-0.4, -0.2) is 33.2 Å². The van der Waals surface area contributed by atoms with Crippen molar-refractivity contribution in [2.75, 3.05) is 21.3 Å². The van der Waals surface area contributed by atoms with Gasteiger partial charge in [-0.25, -0.2) is 9.79 Å². The third kappa shape index (κ3) is 3.67. The largest absolute Gasteiger partial charge is 0.493 e. The maximum Gasteiger partial charge on any atom is 0.364 e. The molecule has 0 N–H and O–H groups in total. The van der Waals surface area contributed by atoms with Gasteiger partial charge in [0.1, 0.15) is 11.5 Å². The molecule has 0 spiro atoms. The van der Waals surface area contributed by atoms with Crippen LogP contribution in [0, 0.1) is 0 Å². The van der Waals surface area contributed by atoms with Crippen LogP contribution >= 0.6 is 0 Å². The maximum atomic E-state index is 12.9. The highest BCUT2D eigenvalue weighted by molar-refractivity contribution is 6.15. The average molecular weight is 455 g/mol. The minimum atomic E-state index is -0.522. The van der Waals surface area contributed by atoms with Crippen LogP contribution in [0.15, 0.2) is 83.5 Å². The standard InChI is InChI=1S/C27H21NO6/c1-30-22-13-17(14-23(31-2)25(22)32-3)21-15-19(18-11-7-8-12-20(18)33-21)24-27(29)34-26(28-24)16-9-5-4-6-10-16/h4-15H,1-3H3. The monoisotopic (exact) mass is 455 g/mol. The molecule has 0 atom stereocenters. The number of esters is 1. The first-order valence-electron chi connectivity index (χ1n) is 10.5. The number of aliphatic imine (C=N–C) groups is 1. The third-order valence-electron chi connectivity index (χ3n) is 5.49. The molecule has 7 nitrogen and oxygen atoms in total. The second-order valence-electron chi connectivity index (χ2n) is 7.46. The molecule has 7 heteroatoms. The third-order valence-corrected chi connectivity index (χ3v) is 5.49. The summed E-state index contributed by atoms with van der Waals surface area (Å²) in [5, 5.41) is 0. The van der Waals surface area contributed by atoms with Gasteiger partial charge in [-0.2, -0.15) is 0 Å². The lowest BCUT2D eigenvalue weighted by atomic mass is 9.97. The summed E-state index contributed by atoms with van der Waals surface area (Å²) in [4.78, 5) is 17.4. The van der Waals surface area contributed by atoms with Gasteiger partial charge in [-0.3, -0.25) is 0 Å². The fourth-order valence-corrected chi connectivity index (χ4v) is 3.88. The van der Waals surface area contributed by atoms with Gasteiger partial charge in [-0.05, 0) is 36.4 Å². The Morgan fingerprint density at radius 1 is 0.765 bits per heavy atom. The SMILES string of the molecule is COc1cc(C2=CC(=C3N=C(c4ccccc4)OC3=O)c3ccccc3O2)cc(OC)c1OC. The van der Waals surface area contributed by atoms with Gasteiger partial charge in [0.25, 0.3) is 0 Å². The molecule has 0 fully saturated rings. The molecule has 0 radical (unpaired) electrons. The van der Waals surface area contributed by atoms with E-state index in [0.717, 1.165) is 11.1 Å². The molecular formula is C27H21NO6. The summed E-state index contributed by atoms with van der Waals surface area (Å²) in [5.41, 5.74) is 2.95. The van der Waals surface area contributed by atoms with Gasteiger partial charge in [0, 0.05) is 22.3 Å². The number of allylic oxidation sites excluding steroid dienone is 2. The van der Waals surface area contributed by atoms with E-state index >= 15 is 0 Å². The first-order valence-corrected chi connectivity index (χ1v) is 10.5. The Morgan fingerprint density at radius 3 is 2.12 bits per heavy atom. The minimum Gasteiger partial charge on any atom is -0.493 e. The van der Waals surface area contributed by atoms with E-state index in [2.05, 4.69) is 4.99 Å². The Morgan fingerprint density at radius 2 is 1.44 bits per heavy atom. The summed E-state index contributed by atoms with van der Waals surface area (Å²) in [6.45, 7) is 0. The molecule has 0 unspecified atom stereocenters. The van der Waals surface area contributed by atoms with Crippen LogP contribution in [0.3, 0.4) is 0 Å². The van der Waals surface area contributed by atoms with Crippen molar-refractivity contribution in [3.05, 3.63) is 95.2 Å². The number of ether oxygens (including phenoxy) is 5. The first kappa shape index (κ1) is 21.3. The number of hydrogen-bond acceptors (Lipinski definition) is 7. The number of carbonyl (C=O) groups is 1. The Labute approximate surface area is 196 Å². The van der Waals surface area contributed by atoms with Crippen LogP contribution in [0.25, 0.3) is 11.3 Å². The van der Waals surface area contributed by atoms with Crippen LogP contribution in [0.4, 0.5) is 0 Å². The molecule has 0 bridgehead atoms. The van der Waals surface area contributed by atoms with Crippen molar-refractivity contribution in [3.63, 3.8) is 0 Å². The van der Waals surface area contributed by atoms with Crippen LogP contribution in [0.1, 0.15) is 16.7 Å². The first-order chi connectivity index (χ1) is 16.6. The summed E-state index contributed by atoms with van der Waals surface area (Å²) in [5.74, 6) is 2.27. The molecule has 2 aliphatic rings. The molecule has 0 aliphatic carbocycles. The van der Waals surface area contributed by atoms with E-state index in [-0.39, 0.29) is 11.6 Å². The molecule has 2 heterocycles. The Kier molecular flexibility index (Phi) is 5.51. The molecule has 3 aromatic rings. The van der Waals surface area contributed by atoms with Gasteiger partial charge in [0.2, 0.25) is 11.6 Å². The van der Waals surface area contributed by atoms with Gasteiger partial charge < -0.3 is 23.7 Å². The normalized spacial score (nSPS) is 16.6. The van der Waals surface area contributed by atoms with Crippen molar-refractivity contribution < 1.29 is 28.5 Å². The van der Waals surface area contributed by atoms with Crippen molar-refractivity contribution in [2.24, 2.45) is 4.99 Å². The second kappa shape index (κ2) is 8.78. The summed E-state index contributed by atoms with van der Waals surface area (Å²) < 4.78 is 28.1. The van der Waals surface area contributed by atoms with Gasteiger partial charge in [-0.1, -0.05) is 36.4 Å². The summed E-state index contributed by atoms with van der Waals surface area (Å²) in [6.07, 6.45) is 1.77. The molecule has 0 amide bonds. The Bertz CT molecular complexity index is 1350. The van der Waals surface area contributed by atoms with Crippen molar-refractivity contribution in [2.45, 2.75) is 0 Å². The van der Waals surface area contributed by atoms with Crippen LogP contribution in [-0.2, 0) is 9.53 Å². The number of nitrogens with zero attached hydrogens (tertiary/aromatic N) is 1. The average Bonchev–Trinajstić information content (AvgIpc) is 3.28. The van der Waals surface area contributed by atoms with E-state index in [4.69, 9.17) is 23.7 Å². The number of rotatable bonds is 5. The highest BCUT2D eigenvalue weighted by Gasteiger charge is 2.31. The molecule has 2 aliphatic heterocycles. The quantitative estimate of drug-likeness (QED) is 0.404. The van der Waals surface area contributed by atoms with Crippen LogP contribution < -0.4 is 18.9 Å². The molecule has 0 saturated heterocycles. The second-order valence-corrected chi connectivity index (χ2v) is 7.46. The fraction of sp³-hybridized carbons (Fsp3) is 0.111. The van der Waals surface area contributed by atoms with Crippen molar-refractivity contribution in [3.8, 4) is 23.0 Å².